The normalized spacial score (nSPS) is 12.0. The number of carboxylic acid groups (broad SMARTS) is 1. The summed E-state index contributed by atoms with van der Waals surface area (Å²) in [5.41, 5.74) is 3.12. The molecule has 0 saturated heterocycles. The summed E-state index contributed by atoms with van der Waals surface area (Å²) in [4.78, 5) is 22.8. The molecule has 2 N–H and O–H groups in total. The SMILES string of the molecule is Cc1noc(C)c1C(C)CC(=O)Nc1ccc(CC(=O)O)cc1. The number of nitrogens with zero attached hydrogens (tertiary/aromatic N) is 1. The Hall–Kier alpha value is -2.63. The molecule has 1 heterocycles. The molecule has 6 heteroatoms. The first-order chi connectivity index (χ1) is 10.9. The third kappa shape index (κ3) is 4.42. The van der Waals surface area contributed by atoms with Crippen LogP contribution in [0.25, 0.3) is 0 Å². The minimum Gasteiger partial charge on any atom is -0.481 e. The molecule has 0 spiro atoms. The molecule has 0 aliphatic heterocycles. The highest BCUT2D eigenvalue weighted by Crippen LogP contribution is 2.26. The van der Waals surface area contributed by atoms with Crippen LogP contribution in [0.5, 0.6) is 0 Å². The van der Waals surface area contributed by atoms with E-state index in [9.17, 15) is 9.59 Å². The maximum Gasteiger partial charge on any atom is 0.307 e. The smallest absolute Gasteiger partial charge is 0.307 e. The molecule has 1 aromatic carbocycles. The Morgan fingerprint density at radius 2 is 1.91 bits per heavy atom. The fourth-order valence-corrected chi connectivity index (χ4v) is 2.67. The first kappa shape index (κ1) is 16.7. The van der Waals surface area contributed by atoms with Crippen LogP contribution in [0.4, 0.5) is 5.69 Å². The highest BCUT2D eigenvalue weighted by molar-refractivity contribution is 5.91. The molecule has 2 rings (SSSR count). The lowest BCUT2D eigenvalue weighted by atomic mass is 9.96. The number of hydrogen-bond donors (Lipinski definition) is 2. The van der Waals surface area contributed by atoms with E-state index in [2.05, 4.69) is 10.5 Å². The predicted octanol–water partition coefficient (Wildman–Crippen LogP) is 3.05. The molecular formula is C17H20N2O4. The van der Waals surface area contributed by atoms with E-state index in [1.807, 2.05) is 20.8 Å². The lowest BCUT2D eigenvalue weighted by Gasteiger charge is -2.11. The third-order valence-corrected chi connectivity index (χ3v) is 3.67. The molecule has 0 aliphatic rings. The maximum atomic E-state index is 12.1. The zero-order chi connectivity index (χ0) is 17.0. The molecular weight excluding hydrogens is 296 g/mol. The van der Waals surface area contributed by atoms with Crippen LogP contribution in [0.3, 0.4) is 0 Å². The Kier molecular flexibility index (Phi) is 5.16. The Labute approximate surface area is 134 Å². The van der Waals surface area contributed by atoms with E-state index in [1.54, 1.807) is 24.3 Å². The van der Waals surface area contributed by atoms with E-state index in [1.165, 1.54) is 0 Å². The van der Waals surface area contributed by atoms with E-state index < -0.39 is 5.97 Å². The van der Waals surface area contributed by atoms with E-state index >= 15 is 0 Å². The number of carboxylic acids is 1. The molecule has 0 bridgehead atoms. The summed E-state index contributed by atoms with van der Waals surface area (Å²) in [6.45, 7) is 5.66. The topological polar surface area (TPSA) is 92.4 Å². The second-order valence-corrected chi connectivity index (χ2v) is 5.66. The van der Waals surface area contributed by atoms with Crippen molar-refractivity contribution < 1.29 is 19.2 Å². The van der Waals surface area contributed by atoms with Gasteiger partial charge in [-0.05, 0) is 37.5 Å². The number of carbonyl (C=O) groups excluding carboxylic acids is 1. The van der Waals surface area contributed by atoms with Gasteiger partial charge in [-0.1, -0.05) is 24.2 Å². The van der Waals surface area contributed by atoms with Gasteiger partial charge in [-0.25, -0.2) is 0 Å². The summed E-state index contributed by atoms with van der Waals surface area (Å²) in [7, 11) is 0. The van der Waals surface area contributed by atoms with E-state index in [0.29, 0.717) is 17.7 Å². The number of benzene rings is 1. The van der Waals surface area contributed by atoms with Crippen LogP contribution in [0.2, 0.25) is 0 Å². The van der Waals surface area contributed by atoms with Gasteiger partial charge in [0.1, 0.15) is 5.76 Å². The van der Waals surface area contributed by atoms with Crippen molar-refractivity contribution in [1.82, 2.24) is 5.16 Å². The zero-order valence-electron chi connectivity index (χ0n) is 13.4. The summed E-state index contributed by atoms with van der Waals surface area (Å²) in [5.74, 6) is -0.244. The summed E-state index contributed by atoms with van der Waals surface area (Å²) >= 11 is 0. The number of anilines is 1. The molecule has 0 fully saturated rings. The summed E-state index contributed by atoms with van der Waals surface area (Å²) in [6, 6.07) is 6.80. The quantitative estimate of drug-likeness (QED) is 0.854. The zero-order valence-corrected chi connectivity index (χ0v) is 13.4. The van der Waals surface area contributed by atoms with Gasteiger partial charge in [0.05, 0.1) is 12.1 Å². The predicted molar refractivity (Wildman–Crippen MR) is 85.4 cm³/mol. The fourth-order valence-electron chi connectivity index (χ4n) is 2.67. The number of carbonyl (C=O) groups is 2. The Morgan fingerprint density at radius 3 is 2.43 bits per heavy atom. The van der Waals surface area contributed by atoms with Crippen LogP contribution in [0, 0.1) is 13.8 Å². The van der Waals surface area contributed by atoms with Gasteiger partial charge in [-0.15, -0.1) is 0 Å². The van der Waals surface area contributed by atoms with Gasteiger partial charge in [0.15, 0.2) is 0 Å². The molecule has 1 unspecified atom stereocenters. The number of amides is 1. The average Bonchev–Trinajstić information content (AvgIpc) is 2.79. The van der Waals surface area contributed by atoms with Crippen molar-refractivity contribution in [3.63, 3.8) is 0 Å². The Balaban J connectivity index is 1.95. The molecule has 1 amide bonds. The molecule has 23 heavy (non-hydrogen) atoms. The molecule has 1 atom stereocenters. The number of aromatic nitrogens is 1. The van der Waals surface area contributed by atoms with Gasteiger partial charge in [-0.3, -0.25) is 9.59 Å². The van der Waals surface area contributed by atoms with E-state index in [4.69, 9.17) is 9.63 Å². The highest BCUT2D eigenvalue weighted by Gasteiger charge is 2.19. The number of aryl methyl sites for hydroxylation is 2. The summed E-state index contributed by atoms with van der Waals surface area (Å²) < 4.78 is 5.13. The van der Waals surface area contributed by atoms with Crippen LogP contribution < -0.4 is 5.32 Å². The molecule has 0 aliphatic carbocycles. The van der Waals surface area contributed by atoms with E-state index in [-0.39, 0.29) is 18.2 Å². The number of aliphatic carboxylic acids is 1. The third-order valence-electron chi connectivity index (χ3n) is 3.67. The first-order valence-electron chi connectivity index (χ1n) is 7.40. The minimum atomic E-state index is -0.880. The van der Waals surface area contributed by atoms with Crippen molar-refractivity contribution in [3.8, 4) is 0 Å². The molecule has 1 aromatic heterocycles. The highest BCUT2D eigenvalue weighted by atomic mass is 16.5. The van der Waals surface area contributed by atoms with Crippen LogP contribution in [-0.4, -0.2) is 22.1 Å². The van der Waals surface area contributed by atoms with Crippen LogP contribution in [0.15, 0.2) is 28.8 Å². The van der Waals surface area contributed by atoms with Crippen molar-refractivity contribution in [3.05, 3.63) is 46.8 Å². The monoisotopic (exact) mass is 316 g/mol. The fraction of sp³-hybridized carbons (Fsp3) is 0.353. The largest absolute Gasteiger partial charge is 0.481 e. The lowest BCUT2D eigenvalue weighted by Crippen LogP contribution is -2.15. The summed E-state index contributed by atoms with van der Waals surface area (Å²) in [6.07, 6.45) is 0.289. The number of rotatable bonds is 6. The van der Waals surface area contributed by atoms with E-state index in [0.717, 1.165) is 17.0 Å². The standard InChI is InChI=1S/C17H20N2O4/c1-10(17-11(2)19-23-12(17)3)8-15(20)18-14-6-4-13(5-7-14)9-16(21)22/h4-7,10H,8-9H2,1-3H3,(H,18,20)(H,21,22). The number of nitrogens with one attached hydrogen (secondary N) is 1. The van der Waals surface area contributed by atoms with Crippen LogP contribution in [-0.2, 0) is 16.0 Å². The van der Waals surface area contributed by atoms with Gasteiger partial charge in [0.25, 0.3) is 0 Å². The van der Waals surface area contributed by atoms with Gasteiger partial charge >= 0.3 is 5.97 Å². The maximum absolute atomic E-state index is 12.1. The second-order valence-electron chi connectivity index (χ2n) is 5.66. The van der Waals surface area contributed by atoms with Crippen molar-refractivity contribution in [2.24, 2.45) is 0 Å². The van der Waals surface area contributed by atoms with Crippen molar-refractivity contribution in [1.29, 1.82) is 0 Å². The van der Waals surface area contributed by atoms with Crippen LogP contribution in [0.1, 0.15) is 41.8 Å². The summed E-state index contributed by atoms with van der Waals surface area (Å²) in [5, 5.41) is 15.5. The molecule has 6 nitrogen and oxygen atoms in total. The van der Waals surface area contributed by atoms with Gasteiger partial charge < -0.3 is 14.9 Å². The van der Waals surface area contributed by atoms with Gasteiger partial charge in [0.2, 0.25) is 5.91 Å². The number of hydrogen-bond acceptors (Lipinski definition) is 4. The first-order valence-corrected chi connectivity index (χ1v) is 7.40. The van der Waals surface area contributed by atoms with Crippen LogP contribution >= 0.6 is 0 Å². The van der Waals surface area contributed by atoms with Crippen molar-refractivity contribution in [2.45, 2.75) is 39.5 Å². The molecule has 0 saturated carbocycles. The second kappa shape index (κ2) is 7.09. The average molecular weight is 316 g/mol. The minimum absolute atomic E-state index is 0.00698. The lowest BCUT2D eigenvalue weighted by molar-refractivity contribution is -0.136. The Bertz CT molecular complexity index is 684. The van der Waals surface area contributed by atoms with Crippen molar-refractivity contribution >= 4 is 17.6 Å². The van der Waals surface area contributed by atoms with Gasteiger partial charge in [-0.2, -0.15) is 0 Å². The van der Waals surface area contributed by atoms with Gasteiger partial charge in [0, 0.05) is 17.7 Å². The molecule has 0 radical (unpaired) electrons. The molecule has 2 aromatic rings. The Morgan fingerprint density at radius 1 is 1.26 bits per heavy atom. The van der Waals surface area contributed by atoms with Crippen molar-refractivity contribution in [2.75, 3.05) is 5.32 Å². The molecule has 122 valence electrons.